The Kier molecular flexibility index (Phi) is 5.99. The van der Waals surface area contributed by atoms with Crippen LogP contribution in [0.4, 0.5) is 4.39 Å². The van der Waals surface area contributed by atoms with E-state index in [9.17, 15) is 9.65 Å². The average molecular weight is 457 g/mol. The van der Waals surface area contributed by atoms with Crippen molar-refractivity contribution in [2.24, 2.45) is 0 Å². The highest BCUT2D eigenvalue weighted by atomic mass is 32.1. The fourth-order valence-corrected chi connectivity index (χ4v) is 5.84. The van der Waals surface area contributed by atoms with Crippen LogP contribution < -0.4 is 0 Å². The highest BCUT2D eigenvalue weighted by Gasteiger charge is 2.41. The molecular formula is C28H25FN2OS. The van der Waals surface area contributed by atoms with Gasteiger partial charge in [-0.3, -0.25) is 0 Å². The summed E-state index contributed by atoms with van der Waals surface area (Å²) in [6, 6.07) is 23.2. The number of halogens is 1. The summed E-state index contributed by atoms with van der Waals surface area (Å²) in [5, 5.41) is 12.9. The smallest absolute Gasteiger partial charge is 0.123 e. The van der Waals surface area contributed by atoms with Crippen LogP contribution in [0.1, 0.15) is 40.7 Å². The summed E-state index contributed by atoms with van der Waals surface area (Å²) in [7, 11) is 2.15. The lowest BCUT2D eigenvalue weighted by Gasteiger charge is -2.31. The van der Waals surface area contributed by atoms with Crippen LogP contribution in [0, 0.1) is 17.1 Å². The monoisotopic (exact) mass is 456 g/mol. The molecule has 0 bridgehead atoms. The minimum atomic E-state index is -0.618. The molecule has 1 aliphatic rings. The fraction of sp³-hybridized carbons (Fsp3) is 0.250. The van der Waals surface area contributed by atoms with Gasteiger partial charge < -0.3 is 9.64 Å². The van der Waals surface area contributed by atoms with E-state index in [2.05, 4.69) is 47.7 Å². The topological polar surface area (TPSA) is 36.3 Å². The van der Waals surface area contributed by atoms with Crippen LogP contribution in [0.3, 0.4) is 0 Å². The van der Waals surface area contributed by atoms with Gasteiger partial charge in [0.1, 0.15) is 11.4 Å². The lowest BCUT2D eigenvalue weighted by molar-refractivity contribution is -0.0143. The summed E-state index contributed by atoms with van der Waals surface area (Å²) < 4.78 is 21.4. The number of benzene rings is 3. The molecule has 5 heteroatoms. The van der Waals surface area contributed by atoms with Crippen molar-refractivity contribution in [1.29, 1.82) is 5.26 Å². The third-order valence-electron chi connectivity index (χ3n) is 6.52. The molecule has 0 saturated heterocycles. The van der Waals surface area contributed by atoms with Crippen LogP contribution in [0.5, 0.6) is 0 Å². The molecule has 0 radical (unpaired) electrons. The molecule has 1 aliphatic heterocycles. The standard InChI is InChI=1S/C28H25FN2OS/c1-31(17-22-19-33-27-6-3-2-5-25(22)27)14-4-13-28(23-8-10-24(29)11-9-23)26-12-7-20(16-30)15-21(26)18-32-28/h2-3,5-12,15,19H,4,13-14,17-18H2,1H3. The first-order chi connectivity index (χ1) is 16.1. The van der Waals surface area contributed by atoms with E-state index < -0.39 is 5.60 Å². The van der Waals surface area contributed by atoms with E-state index in [4.69, 9.17) is 4.74 Å². The van der Waals surface area contributed by atoms with E-state index in [1.54, 1.807) is 11.3 Å². The van der Waals surface area contributed by atoms with E-state index in [0.717, 1.165) is 42.6 Å². The van der Waals surface area contributed by atoms with Gasteiger partial charge >= 0.3 is 0 Å². The minimum Gasteiger partial charge on any atom is -0.361 e. The van der Waals surface area contributed by atoms with Crippen LogP contribution >= 0.6 is 11.3 Å². The van der Waals surface area contributed by atoms with Crippen LogP contribution in [0.2, 0.25) is 0 Å². The molecule has 3 nitrogen and oxygen atoms in total. The number of ether oxygens (including phenoxy) is 1. The number of fused-ring (bicyclic) bond motifs is 2. The predicted octanol–water partition coefficient (Wildman–Crippen LogP) is 6.60. The molecule has 0 saturated carbocycles. The SMILES string of the molecule is CN(CCCC1(c2ccc(F)cc2)OCc2cc(C#N)ccc21)Cc1csc2ccccc12. The van der Waals surface area contributed by atoms with Gasteiger partial charge in [-0.05, 0) is 89.8 Å². The van der Waals surface area contributed by atoms with Crippen LogP contribution in [0.15, 0.2) is 72.1 Å². The van der Waals surface area contributed by atoms with Gasteiger partial charge in [-0.2, -0.15) is 5.26 Å². The zero-order valence-electron chi connectivity index (χ0n) is 18.6. The Morgan fingerprint density at radius 1 is 1.12 bits per heavy atom. The third kappa shape index (κ3) is 4.18. The fourth-order valence-electron chi connectivity index (χ4n) is 4.89. The second-order valence-electron chi connectivity index (χ2n) is 8.70. The van der Waals surface area contributed by atoms with Crippen molar-refractivity contribution in [1.82, 2.24) is 4.90 Å². The molecule has 3 aromatic carbocycles. The molecule has 2 heterocycles. The molecule has 0 aliphatic carbocycles. The molecule has 0 amide bonds. The number of nitriles is 1. The number of thiophene rings is 1. The Morgan fingerprint density at radius 2 is 1.94 bits per heavy atom. The van der Waals surface area contributed by atoms with Gasteiger partial charge in [0.05, 0.1) is 18.2 Å². The van der Waals surface area contributed by atoms with Gasteiger partial charge in [-0.25, -0.2) is 4.39 Å². The molecule has 0 fully saturated rings. The van der Waals surface area contributed by atoms with Gasteiger partial charge in [0.2, 0.25) is 0 Å². The molecular weight excluding hydrogens is 431 g/mol. The lowest BCUT2D eigenvalue weighted by atomic mass is 9.81. The summed E-state index contributed by atoms with van der Waals surface area (Å²) in [6.45, 7) is 2.28. The summed E-state index contributed by atoms with van der Waals surface area (Å²) in [6.07, 6.45) is 1.71. The maximum Gasteiger partial charge on any atom is 0.123 e. The number of hydrogen-bond acceptors (Lipinski definition) is 4. The molecule has 166 valence electrons. The number of nitrogens with zero attached hydrogens (tertiary/aromatic N) is 2. The van der Waals surface area contributed by atoms with Gasteiger partial charge in [-0.15, -0.1) is 11.3 Å². The van der Waals surface area contributed by atoms with E-state index in [-0.39, 0.29) is 5.82 Å². The van der Waals surface area contributed by atoms with E-state index in [1.807, 2.05) is 30.3 Å². The molecule has 33 heavy (non-hydrogen) atoms. The van der Waals surface area contributed by atoms with E-state index >= 15 is 0 Å². The zero-order chi connectivity index (χ0) is 22.8. The van der Waals surface area contributed by atoms with E-state index in [1.165, 1.54) is 27.8 Å². The van der Waals surface area contributed by atoms with Crippen LogP contribution in [0.25, 0.3) is 10.1 Å². The van der Waals surface area contributed by atoms with Gasteiger partial charge in [-0.1, -0.05) is 36.4 Å². The first kappa shape index (κ1) is 21.8. The molecule has 0 spiro atoms. The first-order valence-corrected chi connectivity index (χ1v) is 12.0. The molecule has 5 rings (SSSR count). The quantitative estimate of drug-likeness (QED) is 0.314. The molecule has 4 aromatic rings. The number of rotatable bonds is 7. The second kappa shape index (κ2) is 9.07. The van der Waals surface area contributed by atoms with Crippen molar-refractivity contribution < 1.29 is 9.13 Å². The van der Waals surface area contributed by atoms with Crippen molar-refractivity contribution in [3.63, 3.8) is 0 Å². The van der Waals surface area contributed by atoms with Crippen LogP contribution in [-0.4, -0.2) is 18.5 Å². The normalized spacial score (nSPS) is 17.4. The van der Waals surface area contributed by atoms with Crippen molar-refractivity contribution in [2.45, 2.75) is 31.6 Å². The van der Waals surface area contributed by atoms with Gasteiger partial charge in [0.15, 0.2) is 0 Å². The van der Waals surface area contributed by atoms with Crippen molar-refractivity contribution >= 4 is 21.4 Å². The van der Waals surface area contributed by atoms with Crippen molar-refractivity contribution in [3.05, 3.63) is 106 Å². The summed E-state index contributed by atoms with van der Waals surface area (Å²) in [5.41, 5.74) is 4.45. The molecule has 0 N–H and O–H groups in total. The maximum atomic E-state index is 13.7. The Balaban J connectivity index is 1.35. The predicted molar refractivity (Wildman–Crippen MR) is 131 cm³/mol. The second-order valence-corrected chi connectivity index (χ2v) is 9.62. The number of hydrogen-bond donors (Lipinski definition) is 0. The maximum absolute atomic E-state index is 13.7. The Hall–Kier alpha value is -3.04. The van der Waals surface area contributed by atoms with Gasteiger partial charge in [0, 0.05) is 11.2 Å². The molecule has 1 unspecified atom stereocenters. The largest absolute Gasteiger partial charge is 0.361 e. The summed E-state index contributed by atoms with van der Waals surface area (Å²) in [5.74, 6) is -0.255. The molecule has 1 aromatic heterocycles. The Labute approximate surface area is 197 Å². The highest BCUT2D eigenvalue weighted by molar-refractivity contribution is 7.17. The molecule has 1 atom stereocenters. The van der Waals surface area contributed by atoms with Crippen molar-refractivity contribution in [3.8, 4) is 6.07 Å². The first-order valence-electron chi connectivity index (χ1n) is 11.2. The lowest BCUT2D eigenvalue weighted by Crippen LogP contribution is -2.29. The minimum absolute atomic E-state index is 0.255. The Bertz CT molecular complexity index is 1320. The summed E-state index contributed by atoms with van der Waals surface area (Å²) >= 11 is 1.79. The zero-order valence-corrected chi connectivity index (χ0v) is 19.4. The average Bonchev–Trinajstić information content (AvgIpc) is 3.41. The highest BCUT2D eigenvalue weighted by Crippen LogP contribution is 2.45. The third-order valence-corrected chi connectivity index (χ3v) is 7.54. The van der Waals surface area contributed by atoms with E-state index in [0.29, 0.717) is 12.2 Å². The van der Waals surface area contributed by atoms with Gasteiger partial charge in [0.25, 0.3) is 0 Å². The summed E-state index contributed by atoms with van der Waals surface area (Å²) in [4.78, 5) is 2.35. The van der Waals surface area contributed by atoms with Crippen molar-refractivity contribution in [2.75, 3.05) is 13.6 Å². The Morgan fingerprint density at radius 3 is 2.76 bits per heavy atom. The van der Waals surface area contributed by atoms with Crippen LogP contribution in [-0.2, 0) is 23.5 Å².